The summed E-state index contributed by atoms with van der Waals surface area (Å²) >= 11 is 0. The van der Waals surface area contributed by atoms with Gasteiger partial charge in [0.05, 0.1) is 12.1 Å². The number of amides is 3. The highest BCUT2D eigenvalue weighted by Gasteiger charge is 2.57. The van der Waals surface area contributed by atoms with Gasteiger partial charge in [0, 0.05) is 51.4 Å². The molecule has 0 bridgehead atoms. The average Bonchev–Trinajstić information content (AvgIpc) is 3.08. The van der Waals surface area contributed by atoms with E-state index >= 15 is 0 Å². The van der Waals surface area contributed by atoms with E-state index in [1.807, 2.05) is 42.6 Å². The van der Waals surface area contributed by atoms with E-state index in [9.17, 15) is 9.59 Å². The molecule has 3 amide bonds. The van der Waals surface area contributed by atoms with E-state index in [2.05, 4.69) is 34.1 Å². The van der Waals surface area contributed by atoms with Crippen molar-refractivity contribution in [3.8, 4) is 0 Å². The predicted molar refractivity (Wildman–Crippen MR) is 135 cm³/mol. The van der Waals surface area contributed by atoms with Gasteiger partial charge >= 0.3 is 6.03 Å². The number of rotatable bonds is 8. The molecule has 7 heteroatoms. The van der Waals surface area contributed by atoms with Crippen molar-refractivity contribution < 1.29 is 14.3 Å². The van der Waals surface area contributed by atoms with Crippen LogP contribution in [0.5, 0.6) is 0 Å². The number of aromatic nitrogens is 1. The average molecular weight is 473 g/mol. The summed E-state index contributed by atoms with van der Waals surface area (Å²) in [6.45, 7) is 3.52. The monoisotopic (exact) mass is 472 g/mol. The lowest BCUT2D eigenvalue weighted by molar-refractivity contribution is -0.135. The molecular weight excluding hydrogens is 440 g/mol. The van der Waals surface area contributed by atoms with Crippen LogP contribution in [-0.4, -0.2) is 77.1 Å². The molecule has 2 aliphatic heterocycles. The first-order valence-electron chi connectivity index (χ1n) is 12.3. The van der Waals surface area contributed by atoms with E-state index in [1.54, 1.807) is 12.0 Å². The van der Waals surface area contributed by atoms with Crippen LogP contribution in [0, 0.1) is 0 Å². The highest BCUT2D eigenvalue weighted by Crippen LogP contribution is 2.38. The van der Waals surface area contributed by atoms with Crippen molar-refractivity contribution in [2.75, 3.05) is 39.9 Å². The van der Waals surface area contributed by atoms with E-state index in [0.29, 0.717) is 39.0 Å². The van der Waals surface area contributed by atoms with Crippen LogP contribution in [-0.2, 0) is 22.5 Å². The number of pyridine rings is 1. The highest BCUT2D eigenvalue weighted by atomic mass is 16.5. The number of piperidine rings is 1. The molecule has 2 aromatic carbocycles. The van der Waals surface area contributed by atoms with Gasteiger partial charge in [-0.25, -0.2) is 4.79 Å². The quantitative estimate of drug-likeness (QED) is 0.468. The molecule has 1 aromatic heterocycles. The number of carbonyl (C=O) groups excluding carboxylic acids is 2. The fourth-order valence-corrected chi connectivity index (χ4v) is 5.46. The minimum absolute atomic E-state index is 0.0546. The molecular formula is C28H32N4O3. The fourth-order valence-electron chi connectivity index (χ4n) is 5.46. The van der Waals surface area contributed by atoms with Crippen molar-refractivity contribution in [3.05, 3.63) is 78.0 Å². The van der Waals surface area contributed by atoms with Crippen LogP contribution in [0.15, 0.2) is 66.9 Å². The number of ether oxygens (including phenoxy) is 1. The summed E-state index contributed by atoms with van der Waals surface area (Å²) in [5.74, 6) is -0.0546. The molecule has 35 heavy (non-hydrogen) atoms. The molecule has 2 fully saturated rings. The maximum atomic E-state index is 13.7. The van der Waals surface area contributed by atoms with Crippen LogP contribution in [0.25, 0.3) is 10.9 Å². The first-order valence-corrected chi connectivity index (χ1v) is 12.3. The van der Waals surface area contributed by atoms with Gasteiger partial charge in [-0.05, 0) is 36.5 Å². The van der Waals surface area contributed by atoms with Crippen LogP contribution in [0.3, 0.4) is 0 Å². The molecule has 0 radical (unpaired) electrons. The SMILES string of the molecule is COCCN1C(=O)N(CCc2ccccc2)C(=O)C12CCN(Cc1cccc3cccnc13)CC2. The van der Waals surface area contributed by atoms with Crippen LogP contribution < -0.4 is 0 Å². The largest absolute Gasteiger partial charge is 0.383 e. The number of urea groups is 1. The Morgan fingerprint density at radius 1 is 0.943 bits per heavy atom. The lowest BCUT2D eigenvalue weighted by Crippen LogP contribution is -2.57. The molecule has 182 valence electrons. The number of nitrogens with zero attached hydrogens (tertiary/aromatic N) is 4. The van der Waals surface area contributed by atoms with Gasteiger partial charge in [-0.1, -0.05) is 54.6 Å². The van der Waals surface area contributed by atoms with Crippen molar-refractivity contribution in [1.82, 2.24) is 19.7 Å². The van der Waals surface area contributed by atoms with E-state index in [1.165, 1.54) is 10.5 Å². The van der Waals surface area contributed by atoms with Crippen LogP contribution >= 0.6 is 0 Å². The molecule has 0 saturated carbocycles. The van der Waals surface area contributed by atoms with Gasteiger partial charge in [0.15, 0.2) is 0 Å². The van der Waals surface area contributed by atoms with Crippen molar-refractivity contribution in [2.45, 2.75) is 31.3 Å². The standard InChI is InChI=1S/C28H32N4O3/c1-35-20-19-32-27(34)31(16-12-22-7-3-2-4-8-22)26(33)28(32)13-17-30(18-14-28)21-24-10-5-9-23-11-6-15-29-25(23)24/h2-11,15H,12-14,16-21H2,1H3. The van der Waals surface area contributed by atoms with Gasteiger partial charge in [-0.3, -0.25) is 19.6 Å². The second kappa shape index (κ2) is 10.1. The summed E-state index contributed by atoms with van der Waals surface area (Å²) in [4.78, 5) is 37.3. The smallest absolute Gasteiger partial charge is 0.327 e. The maximum Gasteiger partial charge on any atom is 0.327 e. The van der Waals surface area contributed by atoms with Gasteiger partial charge in [-0.2, -0.15) is 0 Å². The topological polar surface area (TPSA) is 66.0 Å². The van der Waals surface area contributed by atoms with Gasteiger partial charge < -0.3 is 9.64 Å². The van der Waals surface area contributed by atoms with E-state index in [-0.39, 0.29) is 11.9 Å². The van der Waals surface area contributed by atoms with Crippen molar-refractivity contribution in [3.63, 3.8) is 0 Å². The Hall–Kier alpha value is -3.29. The van der Waals surface area contributed by atoms with Crippen LogP contribution in [0.1, 0.15) is 24.0 Å². The van der Waals surface area contributed by atoms with E-state index < -0.39 is 5.54 Å². The summed E-state index contributed by atoms with van der Waals surface area (Å²) in [5.41, 5.74) is 2.56. The number of hydrogen-bond acceptors (Lipinski definition) is 5. The molecule has 3 aromatic rings. The Kier molecular flexibility index (Phi) is 6.79. The number of benzene rings is 2. The van der Waals surface area contributed by atoms with Gasteiger partial charge in [0.1, 0.15) is 5.54 Å². The lowest BCUT2D eigenvalue weighted by Gasteiger charge is -2.42. The number of fused-ring (bicyclic) bond motifs is 1. The maximum absolute atomic E-state index is 13.7. The zero-order valence-electron chi connectivity index (χ0n) is 20.2. The first kappa shape index (κ1) is 23.5. The molecule has 5 rings (SSSR count). The molecule has 1 spiro atoms. The zero-order valence-corrected chi connectivity index (χ0v) is 20.2. The molecule has 7 nitrogen and oxygen atoms in total. The molecule has 0 N–H and O–H groups in total. The first-order chi connectivity index (χ1) is 17.1. The highest BCUT2D eigenvalue weighted by molar-refractivity contribution is 6.07. The second-order valence-corrected chi connectivity index (χ2v) is 9.42. The number of carbonyl (C=O) groups is 2. The van der Waals surface area contributed by atoms with Crippen molar-refractivity contribution in [2.24, 2.45) is 0 Å². The molecule has 0 unspecified atom stereocenters. The van der Waals surface area contributed by atoms with Gasteiger partial charge in [-0.15, -0.1) is 0 Å². The predicted octanol–water partition coefficient (Wildman–Crippen LogP) is 3.72. The number of hydrogen-bond donors (Lipinski definition) is 0. The van der Waals surface area contributed by atoms with Gasteiger partial charge in [0.25, 0.3) is 5.91 Å². The molecule has 0 atom stereocenters. The summed E-state index contributed by atoms with van der Waals surface area (Å²) in [6.07, 6.45) is 3.74. The molecule has 2 saturated heterocycles. The summed E-state index contributed by atoms with van der Waals surface area (Å²) in [5, 5.41) is 1.13. The van der Waals surface area contributed by atoms with Crippen molar-refractivity contribution in [1.29, 1.82) is 0 Å². The zero-order chi connectivity index (χ0) is 24.3. The Bertz CT molecular complexity index is 1190. The number of imide groups is 1. The third-order valence-electron chi connectivity index (χ3n) is 7.40. The van der Waals surface area contributed by atoms with Gasteiger partial charge in [0.2, 0.25) is 0 Å². The number of para-hydroxylation sites is 1. The van der Waals surface area contributed by atoms with Crippen LogP contribution in [0.4, 0.5) is 4.79 Å². The van der Waals surface area contributed by atoms with Crippen LogP contribution in [0.2, 0.25) is 0 Å². The number of methoxy groups -OCH3 is 1. The fraction of sp³-hybridized carbons (Fsp3) is 0.393. The minimum Gasteiger partial charge on any atom is -0.383 e. The Morgan fingerprint density at radius 2 is 1.71 bits per heavy atom. The van der Waals surface area contributed by atoms with E-state index in [4.69, 9.17) is 4.74 Å². The lowest BCUT2D eigenvalue weighted by atomic mass is 9.85. The number of likely N-dealkylation sites (tertiary alicyclic amines) is 1. The third-order valence-corrected chi connectivity index (χ3v) is 7.40. The summed E-state index contributed by atoms with van der Waals surface area (Å²) in [7, 11) is 1.63. The molecule has 0 aliphatic carbocycles. The Morgan fingerprint density at radius 3 is 2.49 bits per heavy atom. The van der Waals surface area contributed by atoms with E-state index in [0.717, 1.165) is 36.1 Å². The third kappa shape index (κ3) is 4.54. The minimum atomic E-state index is -0.778. The Labute approximate surface area is 206 Å². The molecule has 2 aliphatic rings. The second-order valence-electron chi connectivity index (χ2n) is 9.42. The summed E-state index contributed by atoms with van der Waals surface area (Å²) in [6, 6.07) is 20.1. The normalized spacial score (nSPS) is 18.2. The summed E-state index contributed by atoms with van der Waals surface area (Å²) < 4.78 is 5.29. The Balaban J connectivity index is 1.31. The molecule has 3 heterocycles. The van der Waals surface area contributed by atoms with Crippen molar-refractivity contribution >= 4 is 22.8 Å².